The molecule has 0 aliphatic carbocycles. The smallest absolute Gasteiger partial charge is 0.231 e. The molecule has 2 heterocycles. The fraction of sp³-hybridized carbons (Fsp3) is 0.200. The average Bonchev–Trinajstić information content (AvgIpc) is 3.04. The van der Waals surface area contributed by atoms with Crippen LogP contribution in [0.2, 0.25) is 0 Å². The first kappa shape index (κ1) is 18.9. The van der Waals surface area contributed by atoms with E-state index in [1.54, 1.807) is 18.2 Å². The number of benzene rings is 2. The number of allylic oxidation sites excluding steroid dienone is 1. The van der Waals surface area contributed by atoms with E-state index in [1.807, 2.05) is 30.6 Å². The van der Waals surface area contributed by atoms with E-state index >= 15 is 0 Å². The molecule has 146 valence electrons. The minimum absolute atomic E-state index is 0.0987. The van der Waals surface area contributed by atoms with Crippen LogP contribution < -0.4 is 14.0 Å². The zero-order valence-electron chi connectivity index (χ0n) is 16.7. The fourth-order valence-corrected chi connectivity index (χ4v) is 3.20. The van der Waals surface area contributed by atoms with Crippen LogP contribution in [0.3, 0.4) is 0 Å². The summed E-state index contributed by atoms with van der Waals surface area (Å²) in [5.74, 6) is 1.51. The highest BCUT2D eigenvalue weighted by molar-refractivity contribution is 6.14. The molecule has 0 saturated heterocycles. The number of carbonyl (C=O) groups is 1. The average molecular weight is 386 g/mol. The van der Waals surface area contributed by atoms with E-state index < -0.39 is 0 Å². The van der Waals surface area contributed by atoms with E-state index in [9.17, 15) is 4.79 Å². The van der Waals surface area contributed by atoms with Crippen molar-refractivity contribution in [3.8, 4) is 11.5 Å². The summed E-state index contributed by atoms with van der Waals surface area (Å²) in [6, 6.07) is 17.8. The molecule has 1 aliphatic heterocycles. The highest BCUT2D eigenvalue weighted by Crippen LogP contribution is 2.34. The van der Waals surface area contributed by atoms with Crippen molar-refractivity contribution in [3.05, 3.63) is 95.0 Å². The molecule has 3 aromatic rings. The van der Waals surface area contributed by atoms with Crippen molar-refractivity contribution in [3.63, 3.8) is 0 Å². The molecular formula is C25H24NO3+. The molecule has 4 rings (SSSR count). The van der Waals surface area contributed by atoms with E-state index in [1.165, 1.54) is 11.1 Å². The van der Waals surface area contributed by atoms with Gasteiger partial charge in [0.15, 0.2) is 24.7 Å². The maximum atomic E-state index is 12.6. The number of hydrogen-bond donors (Lipinski definition) is 0. The Morgan fingerprint density at radius 3 is 2.52 bits per heavy atom. The van der Waals surface area contributed by atoms with Crippen molar-refractivity contribution in [1.82, 2.24) is 0 Å². The molecule has 1 aromatic heterocycles. The SMILES string of the molecule is CCCOc1ccc2c(c1)O/C(=C\c1cc[n+](Cc3ccc(C)cc3)cc1)C2=O. The standard InChI is InChI=1S/C25H24NO3/c1-3-14-28-21-8-9-22-23(16-21)29-24(25(22)27)15-19-10-12-26(13-11-19)17-20-6-4-18(2)5-7-20/h4-13,15-16H,3,14,17H2,1-2H3/q+1/b24-15-. The molecule has 0 amide bonds. The van der Waals surface area contributed by atoms with Gasteiger partial charge in [0, 0.05) is 23.8 Å². The van der Waals surface area contributed by atoms with Gasteiger partial charge in [-0.2, -0.15) is 0 Å². The number of rotatable bonds is 6. The van der Waals surface area contributed by atoms with Crippen LogP contribution in [0, 0.1) is 6.92 Å². The van der Waals surface area contributed by atoms with Crippen LogP contribution in [-0.4, -0.2) is 12.4 Å². The third kappa shape index (κ3) is 4.37. The Hall–Kier alpha value is -3.40. The number of fused-ring (bicyclic) bond motifs is 1. The molecule has 0 saturated carbocycles. The lowest BCUT2D eigenvalue weighted by Crippen LogP contribution is -2.33. The van der Waals surface area contributed by atoms with Gasteiger partial charge in [0.05, 0.1) is 12.2 Å². The highest BCUT2D eigenvalue weighted by Gasteiger charge is 2.27. The van der Waals surface area contributed by atoms with Crippen molar-refractivity contribution < 1.29 is 18.8 Å². The summed E-state index contributed by atoms with van der Waals surface area (Å²) in [5.41, 5.74) is 4.00. The van der Waals surface area contributed by atoms with Gasteiger partial charge in [-0.15, -0.1) is 0 Å². The minimum Gasteiger partial charge on any atom is -0.493 e. The lowest BCUT2D eigenvalue weighted by atomic mass is 10.1. The van der Waals surface area contributed by atoms with Gasteiger partial charge in [-0.1, -0.05) is 36.8 Å². The number of hydrogen-bond acceptors (Lipinski definition) is 3. The summed E-state index contributed by atoms with van der Waals surface area (Å²) in [6.07, 6.45) is 6.73. The molecule has 0 spiro atoms. The number of Topliss-reactive ketones (excluding diaryl/α,β-unsaturated/α-hetero) is 1. The lowest BCUT2D eigenvalue weighted by Gasteiger charge is -2.05. The summed E-state index contributed by atoms with van der Waals surface area (Å²) < 4.78 is 13.5. The van der Waals surface area contributed by atoms with Crippen LogP contribution in [0.4, 0.5) is 0 Å². The van der Waals surface area contributed by atoms with Crippen LogP contribution in [0.1, 0.15) is 40.4 Å². The molecule has 0 atom stereocenters. The van der Waals surface area contributed by atoms with Gasteiger partial charge in [0.1, 0.15) is 11.5 Å². The molecule has 0 unspecified atom stereocenters. The second-order valence-electron chi connectivity index (χ2n) is 7.24. The van der Waals surface area contributed by atoms with Gasteiger partial charge in [0.2, 0.25) is 5.78 Å². The van der Waals surface area contributed by atoms with Gasteiger partial charge in [-0.05, 0) is 37.1 Å². The number of ketones is 1. The van der Waals surface area contributed by atoms with Crippen LogP contribution in [0.5, 0.6) is 11.5 Å². The van der Waals surface area contributed by atoms with Gasteiger partial charge < -0.3 is 9.47 Å². The predicted molar refractivity (Wildman–Crippen MR) is 112 cm³/mol. The summed E-state index contributed by atoms with van der Waals surface area (Å²) in [5, 5.41) is 0. The Balaban J connectivity index is 1.47. The molecule has 0 N–H and O–H groups in total. The molecule has 1 aliphatic rings. The van der Waals surface area contributed by atoms with Crippen molar-refractivity contribution in [2.45, 2.75) is 26.8 Å². The number of carbonyl (C=O) groups excluding carboxylic acids is 1. The Morgan fingerprint density at radius 1 is 1.03 bits per heavy atom. The van der Waals surface area contributed by atoms with Crippen LogP contribution in [-0.2, 0) is 6.54 Å². The zero-order valence-corrected chi connectivity index (χ0v) is 16.7. The third-order valence-electron chi connectivity index (χ3n) is 4.81. The van der Waals surface area contributed by atoms with Crippen molar-refractivity contribution in [1.29, 1.82) is 0 Å². The minimum atomic E-state index is -0.0987. The molecule has 0 fully saturated rings. The second kappa shape index (κ2) is 8.31. The Kier molecular flexibility index (Phi) is 5.43. The monoisotopic (exact) mass is 386 g/mol. The van der Waals surface area contributed by atoms with E-state index in [2.05, 4.69) is 42.7 Å². The van der Waals surface area contributed by atoms with E-state index in [-0.39, 0.29) is 5.78 Å². The Bertz CT molecular complexity index is 1050. The first-order valence-electron chi connectivity index (χ1n) is 9.88. The summed E-state index contributed by atoms with van der Waals surface area (Å²) in [6.45, 7) is 5.59. The number of aryl methyl sites for hydroxylation is 1. The number of ether oxygens (including phenoxy) is 2. The van der Waals surface area contributed by atoms with E-state index in [4.69, 9.17) is 9.47 Å². The highest BCUT2D eigenvalue weighted by atomic mass is 16.5. The fourth-order valence-electron chi connectivity index (χ4n) is 3.20. The summed E-state index contributed by atoms with van der Waals surface area (Å²) in [4.78, 5) is 12.6. The van der Waals surface area contributed by atoms with Crippen LogP contribution in [0.25, 0.3) is 6.08 Å². The molecule has 29 heavy (non-hydrogen) atoms. The van der Waals surface area contributed by atoms with Crippen molar-refractivity contribution in [2.24, 2.45) is 0 Å². The lowest BCUT2D eigenvalue weighted by molar-refractivity contribution is -0.688. The summed E-state index contributed by atoms with van der Waals surface area (Å²) >= 11 is 0. The van der Waals surface area contributed by atoms with Crippen LogP contribution in [0.15, 0.2) is 72.8 Å². The second-order valence-corrected chi connectivity index (χ2v) is 7.24. The van der Waals surface area contributed by atoms with Gasteiger partial charge in [-0.3, -0.25) is 4.79 Å². The molecule has 4 nitrogen and oxygen atoms in total. The normalized spacial score (nSPS) is 14.0. The molecule has 4 heteroatoms. The zero-order chi connectivity index (χ0) is 20.2. The van der Waals surface area contributed by atoms with Crippen LogP contribution >= 0.6 is 0 Å². The van der Waals surface area contributed by atoms with Crippen molar-refractivity contribution in [2.75, 3.05) is 6.61 Å². The quantitative estimate of drug-likeness (QED) is 0.454. The number of aromatic nitrogens is 1. The predicted octanol–water partition coefficient (Wildman–Crippen LogP) is 4.74. The first-order valence-corrected chi connectivity index (χ1v) is 9.88. The topological polar surface area (TPSA) is 39.4 Å². The first-order chi connectivity index (χ1) is 14.1. The Morgan fingerprint density at radius 2 is 1.79 bits per heavy atom. The largest absolute Gasteiger partial charge is 0.493 e. The van der Waals surface area contributed by atoms with E-state index in [0.717, 1.165) is 24.3 Å². The maximum absolute atomic E-state index is 12.6. The van der Waals surface area contributed by atoms with E-state index in [0.29, 0.717) is 23.7 Å². The molecule has 0 radical (unpaired) electrons. The summed E-state index contributed by atoms with van der Waals surface area (Å²) in [7, 11) is 0. The maximum Gasteiger partial charge on any atom is 0.231 e. The molecule has 0 bridgehead atoms. The van der Waals surface area contributed by atoms with Gasteiger partial charge in [-0.25, -0.2) is 4.57 Å². The third-order valence-corrected chi connectivity index (χ3v) is 4.81. The van der Waals surface area contributed by atoms with Crippen molar-refractivity contribution >= 4 is 11.9 Å². The molecular weight excluding hydrogens is 362 g/mol. The van der Waals surface area contributed by atoms with Gasteiger partial charge >= 0.3 is 0 Å². The number of nitrogens with zero attached hydrogens (tertiary/aromatic N) is 1. The van der Waals surface area contributed by atoms with Gasteiger partial charge in [0.25, 0.3) is 0 Å². The molecule has 2 aromatic carbocycles. The Labute approximate surface area is 171 Å². The number of pyridine rings is 1.